The van der Waals surface area contributed by atoms with Crippen molar-refractivity contribution < 1.29 is 9.47 Å². The third kappa shape index (κ3) is 5.02. The summed E-state index contributed by atoms with van der Waals surface area (Å²) in [5, 5.41) is 9.28. The van der Waals surface area contributed by atoms with Crippen LogP contribution in [0.3, 0.4) is 0 Å². The van der Waals surface area contributed by atoms with Gasteiger partial charge in [-0.3, -0.25) is 0 Å². The normalized spacial score (nSPS) is 10.2. The molecule has 0 saturated heterocycles. The van der Waals surface area contributed by atoms with Crippen molar-refractivity contribution in [3.05, 3.63) is 82.1 Å². The molecule has 0 amide bonds. The van der Waals surface area contributed by atoms with Gasteiger partial charge in [-0.15, -0.1) is 0 Å². The molecule has 0 atom stereocenters. The molecule has 0 aliphatic heterocycles. The first kappa shape index (κ1) is 19.7. The molecule has 0 aliphatic rings. The fourth-order valence-electron chi connectivity index (χ4n) is 2.86. The van der Waals surface area contributed by atoms with Crippen molar-refractivity contribution in [1.29, 1.82) is 5.26 Å². The Morgan fingerprint density at radius 1 is 0.893 bits per heavy atom. The summed E-state index contributed by atoms with van der Waals surface area (Å²) in [6, 6.07) is 21.8. The number of aromatic nitrogens is 1. The van der Waals surface area contributed by atoms with Crippen molar-refractivity contribution in [3.8, 4) is 17.6 Å². The Hall–Kier alpha value is -3.04. The maximum absolute atomic E-state index is 9.28. The second-order valence-electron chi connectivity index (χ2n) is 6.20. The fraction of sp³-hybridized carbons (Fsp3) is 0.182. The van der Waals surface area contributed by atoms with Crippen molar-refractivity contribution in [2.75, 3.05) is 19.1 Å². The summed E-state index contributed by atoms with van der Waals surface area (Å²) < 4.78 is 11.1. The molecule has 28 heavy (non-hydrogen) atoms. The molecule has 0 saturated carbocycles. The number of halogens is 1. The van der Waals surface area contributed by atoms with Crippen molar-refractivity contribution in [3.63, 3.8) is 0 Å². The molecular weight excluding hydrogens is 418 g/mol. The summed E-state index contributed by atoms with van der Waals surface area (Å²) in [4.78, 5) is 6.40. The number of ether oxygens (including phenoxy) is 2. The Labute approximate surface area is 173 Å². The number of rotatable bonds is 7. The van der Waals surface area contributed by atoms with Gasteiger partial charge in [0.2, 0.25) is 0 Å². The lowest BCUT2D eigenvalue weighted by molar-refractivity contribution is 0.414. The number of pyridine rings is 1. The standard InChI is InChI=1S/C22H20BrN3O2/c1-27-20-7-3-16(4-8-20)14-26(15-17-5-9-21(28-2)10-6-17)19-11-18(13-24)25-22(23)12-19/h3-12H,14-15H2,1-2H3. The van der Waals surface area contributed by atoms with Gasteiger partial charge in [0.1, 0.15) is 27.9 Å². The SMILES string of the molecule is COc1ccc(CN(Cc2ccc(OC)cc2)c2cc(Br)nc(C#N)c2)cc1. The van der Waals surface area contributed by atoms with E-state index in [9.17, 15) is 5.26 Å². The van der Waals surface area contributed by atoms with Gasteiger partial charge in [-0.1, -0.05) is 24.3 Å². The van der Waals surface area contributed by atoms with Crippen LogP contribution < -0.4 is 14.4 Å². The van der Waals surface area contributed by atoms with Crippen LogP contribution in [0.1, 0.15) is 16.8 Å². The van der Waals surface area contributed by atoms with Gasteiger partial charge in [-0.2, -0.15) is 5.26 Å². The highest BCUT2D eigenvalue weighted by atomic mass is 79.9. The molecule has 5 nitrogen and oxygen atoms in total. The molecule has 1 heterocycles. The van der Waals surface area contributed by atoms with E-state index in [-0.39, 0.29) is 0 Å². The largest absolute Gasteiger partial charge is 0.497 e. The lowest BCUT2D eigenvalue weighted by Gasteiger charge is -2.26. The summed E-state index contributed by atoms with van der Waals surface area (Å²) >= 11 is 3.41. The van der Waals surface area contributed by atoms with Crippen LogP contribution in [0.5, 0.6) is 11.5 Å². The van der Waals surface area contributed by atoms with Crippen LogP contribution >= 0.6 is 15.9 Å². The molecule has 0 spiro atoms. The number of hydrogen-bond acceptors (Lipinski definition) is 5. The number of nitriles is 1. The van der Waals surface area contributed by atoms with Crippen LogP contribution in [0.4, 0.5) is 5.69 Å². The van der Waals surface area contributed by atoms with Gasteiger partial charge in [0.05, 0.1) is 14.2 Å². The summed E-state index contributed by atoms with van der Waals surface area (Å²) in [5.41, 5.74) is 3.57. The number of anilines is 1. The van der Waals surface area contributed by atoms with Crippen molar-refractivity contribution in [2.24, 2.45) is 0 Å². The smallest absolute Gasteiger partial charge is 0.143 e. The van der Waals surface area contributed by atoms with Crippen molar-refractivity contribution >= 4 is 21.6 Å². The Morgan fingerprint density at radius 2 is 1.39 bits per heavy atom. The number of hydrogen-bond donors (Lipinski definition) is 0. The molecule has 0 unspecified atom stereocenters. The van der Waals surface area contributed by atoms with E-state index >= 15 is 0 Å². The molecule has 0 bridgehead atoms. The minimum Gasteiger partial charge on any atom is -0.497 e. The first-order chi connectivity index (χ1) is 13.6. The second kappa shape index (κ2) is 9.25. The van der Waals surface area contributed by atoms with Crippen molar-refractivity contribution in [2.45, 2.75) is 13.1 Å². The lowest BCUT2D eigenvalue weighted by Crippen LogP contribution is -2.22. The summed E-state index contributed by atoms with van der Waals surface area (Å²) in [6.07, 6.45) is 0. The molecule has 3 rings (SSSR count). The highest BCUT2D eigenvalue weighted by Crippen LogP contribution is 2.25. The second-order valence-corrected chi connectivity index (χ2v) is 7.01. The molecule has 0 N–H and O–H groups in total. The average Bonchev–Trinajstić information content (AvgIpc) is 2.73. The van der Waals surface area contributed by atoms with E-state index in [0.717, 1.165) is 28.3 Å². The first-order valence-corrected chi connectivity index (χ1v) is 9.49. The quantitative estimate of drug-likeness (QED) is 0.489. The summed E-state index contributed by atoms with van der Waals surface area (Å²) in [7, 11) is 3.31. The molecule has 6 heteroatoms. The van der Waals surface area contributed by atoms with Crippen LogP contribution in [0.2, 0.25) is 0 Å². The highest BCUT2D eigenvalue weighted by Gasteiger charge is 2.12. The van der Waals surface area contributed by atoms with Gasteiger partial charge >= 0.3 is 0 Å². The Morgan fingerprint density at radius 3 is 1.82 bits per heavy atom. The van der Waals surface area contributed by atoms with Crippen LogP contribution in [0.15, 0.2) is 65.3 Å². The zero-order chi connectivity index (χ0) is 19.9. The molecule has 3 aromatic rings. The lowest BCUT2D eigenvalue weighted by atomic mass is 10.1. The van der Waals surface area contributed by atoms with Gasteiger partial charge in [-0.25, -0.2) is 4.98 Å². The van der Waals surface area contributed by atoms with E-state index in [1.807, 2.05) is 54.6 Å². The Bertz CT molecular complexity index is 917. The average molecular weight is 438 g/mol. The monoisotopic (exact) mass is 437 g/mol. The maximum atomic E-state index is 9.28. The summed E-state index contributed by atoms with van der Waals surface area (Å²) in [6.45, 7) is 1.36. The molecule has 1 aromatic heterocycles. The third-order valence-electron chi connectivity index (χ3n) is 4.32. The topological polar surface area (TPSA) is 58.4 Å². The maximum Gasteiger partial charge on any atom is 0.143 e. The molecule has 0 fully saturated rings. The van der Waals surface area contributed by atoms with Gasteiger partial charge in [0.15, 0.2) is 0 Å². The van der Waals surface area contributed by atoms with Gasteiger partial charge in [0.25, 0.3) is 0 Å². The van der Waals surface area contributed by atoms with E-state index in [1.54, 1.807) is 20.3 Å². The van der Waals surface area contributed by atoms with Crippen LogP contribution in [0, 0.1) is 11.3 Å². The zero-order valence-corrected chi connectivity index (χ0v) is 17.3. The summed E-state index contributed by atoms with van der Waals surface area (Å²) in [5.74, 6) is 1.65. The third-order valence-corrected chi connectivity index (χ3v) is 4.73. The van der Waals surface area contributed by atoms with Crippen molar-refractivity contribution in [1.82, 2.24) is 4.98 Å². The minimum atomic E-state index is 0.374. The van der Waals surface area contributed by atoms with Gasteiger partial charge in [0, 0.05) is 18.8 Å². The minimum absolute atomic E-state index is 0.374. The van der Waals surface area contributed by atoms with Gasteiger partial charge < -0.3 is 14.4 Å². The van der Waals surface area contributed by atoms with E-state index < -0.39 is 0 Å². The van der Waals surface area contributed by atoms with Crippen LogP contribution in [0.25, 0.3) is 0 Å². The molecule has 0 radical (unpaired) electrons. The molecular formula is C22H20BrN3O2. The predicted octanol–water partition coefficient (Wildman–Crippen LogP) is 4.94. The van der Waals surface area contributed by atoms with Gasteiger partial charge in [-0.05, 0) is 63.5 Å². The van der Waals surface area contributed by atoms with Crippen LogP contribution in [-0.4, -0.2) is 19.2 Å². The zero-order valence-electron chi connectivity index (χ0n) is 15.7. The van der Waals surface area contributed by atoms with E-state index in [4.69, 9.17) is 9.47 Å². The molecule has 142 valence electrons. The fourth-order valence-corrected chi connectivity index (χ4v) is 3.29. The van der Waals surface area contributed by atoms with E-state index in [0.29, 0.717) is 23.4 Å². The number of benzene rings is 2. The predicted molar refractivity (Wildman–Crippen MR) is 113 cm³/mol. The highest BCUT2D eigenvalue weighted by molar-refractivity contribution is 9.10. The Kier molecular flexibility index (Phi) is 6.51. The number of nitrogens with zero attached hydrogens (tertiary/aromatic N) is 3. The van der Waals surface area contributed by atoms with E-state index in [1.165, 1.54) is 0 Å². The Balaban J connectivity index is 1.92. The first-order valence-electron chi connectivity index (χ1n) is 8.70. The molecule has 2 aromatic carbocycles. The number of methoxy groups -OCH3 is 2. The van der Waals surface area contributed by atoms with E-state index in [2.05, 4.69) is 31.9 Å². The van der Waals surface area contributed by atoms with Crippen LogP contribution in [-0.2, 0) is 13.1 Å². The molecule has 0 aliphatic carbocycles.